The van der Waals surface area contributed by atoms with Crippen LogP contribution in [-0.4, -0.2) is 37.2 Å². The van der Waals surface area contributed by atoms with Gasteiger partial charge in [-0.2, -0.15) is 8.42 Å². The van der Waals surface area contributed by atoms with Crippen LogP contribution in [0.25, 0.3) is 0 Å². The molecule has 31 heavy (non-hydrogen) atoms. The highest BCUT2D eigenvalue weighted by atomic mass is 35.7. The fraction of sp³-hybridized carbons (Fsp3) is 0.364. The lowest BCUT2D eigenvalue weighted by Gasteiger charge is -2.34. The van der Waals surface area contributed by atoms with E-state index >= 15 is 0 Å². The molecule has 2 atom stereocenters. The first-order valence-corrected chi connectivity index (χ1v) is 12.4. The molecule has 0 radical (unpaired) electrons. The van der Waals surface area contributed by atoms with Crippen molar-refractivity contribution in [2.24, 2.45) is 4.40 Å². The maximum absolute atomic E-state index is 13.6. The van der Waals surface area contributed by atoms with Crippen molar-refractivity contribution in [3.63, 3.8) is 0 Å². The van der Waals surface area contributed by atoms with Crippen molar-refractivity contribution in [2.45, 2.75) is 50.3 Å². The Hall–Kier alpha value is -2.45. The molecule has 2 aromatic rings. The zero-order valence-corrected chi connectivity index (χ0v) is 18.2. The lowest BCUT2D eigenvalue weighted by atomic mass is 9.89. The molecular weight excluding hydrogens is 443 g/mol. The van der Waals surface area contributed by atoms with Gasteiger partial charge in [0, 0.05) is 22.3 Å². The monoisotopic (exact) mass is 464 g/mol. The molecule has 0 aromatic heterocycles. The molecule has 4 rings (SSSR count). The number of ketones is 1. The number of ether oxygens (including phenoxy) is 1. The van der Waals surface area contributed by atoms with Crippen molar-refractivity contribution in [3.05, 3.63) is 71.5 Å². The largest absolute Gasteiger partial charge is 0.453 e. The van der Waals surface area contributed by atoms with E-state index in [1.54, 1.807) is 4.90 Å². The van der Waals surface area contributed by atoms with E-state index in [9.17, 15) is 17.6 Å². The van der Waals surface area contributed by atoms with Gasteiger partial charge >= 0.3 is 15.3 Å². The van der Waals surface area contributed by atoms with Crippen LogP contribution in [0.3, 0.4) is 0 Å². The molecule has 6 nitrogen and oxygen atoms in total. The van der Waals surface area contributed by atoms with Crippen LogP contribution in [0.5, 0.6) is 0 Å². The first-order chi connectivity index (χ1) is 14.8. The first-order valence-electron chi connectivity index (χ1n) is 10.2. The third-order valence-electron chi connectivity index (χ3n) is 5.72. The van der Waals surface area contributed by atoms with Gasteiger partial charge in [-0.1, -0.05) is 54.0 Å². The van der Waals surface area contributed by atoms with E-state index in [4.69, 9.17) is 15.4 Å². The third kappa shape index (κ3) is 4.91. The summed E-state index contributed by atoms with van der Waals surface area (Å²) < 4.78 is 46.6. The summed E-state index contributed by atoms with van der Waals surface area (Å²) in [6.45, 7) is 0. The molecule has 164 valence electrons. The number of amidine groups is 1. The molecule has 2 fully saturated rings. The Morgan fingerprint density at radius 2 is 1.68 bits per heavy atom. The fourth-order valence-electron chi connectivity index (χ4n) is 4.35. The van der Waals surface area contributed by atoms with Gasteiger partial charge < -0.3 is 9.64 Å². The van der Waals surface area contributed by atoms with Gasteiger partial charge in [0.25, 0.3) is 0 Å². The van der Waals surface area contributed by atoms with Crippen LogP contribution in [0.2, 0.25) is 0 Å². The number of Topliss-reactive ketones (excluding diaryl/α,β-unsaturated/α-hetero) is 1. The molecule has 0 amide bonds. The Balaban J connectivity index is 1.83. The Labute approximate surface area is 185 Å². The summed E-state index contributed by atoms with van der Waals surface area (Å²) in [5, 5.41) is 0. The van der Waals surface area contributed by atoms with Gasteiger partial charge in [0.15, 0.2) is 11.9 Å². The summed E-state index contributed by atoms with van der Waals surface area (Å²) in [6.07, 6.45) is 3.76. The highest BCUT2D eigenvalue weighted by molar-refractivity contribution is 8.12. The van der Waals surface area contributed by atoms with Crippen LogP contribution < -0.4 is 0 Å². The summed E-state index contributed by atoms with van der Waals surface area (Å²) in [4.78, 5) is 15.3. The number of carbonyl (C=O) groups excluding carboxylic acids is 1. The van der Waals surface area contributed by atoms with Crippen LogP contribution in [0.15, 0.2) is 59.0 Å². The number of carbonyl (C=O) groups is 1. The van der Waals surface area contributed by atoms with Gasteiger partial charge in [-0.05, 0) is 42.7 Å². The van der Waals surface area contributed by atoms with Gasteiger partial charge in [0.05, 0.1) is 0 Å². The van der Waals surface area contributed by atoms with E-state index in [1.165, 1.54) is 24.3 Å². The number of rotatable bonds is 5. The molecule has 1 aliphatic heterocycles. The van der Waals surface area contributed by atoms with E-state index in [0.29, 0.717) is 11.1 Å². The molecule has 2 unspecified atom stereocenters. The Kier molecular flexibility index (Phi) is 6.29. The summed E-state index contributed by atoms with van der Waals surface area (Å²) in [6, 6.07) is 13.3. The van der Waals surface area contributed by atoms with Gasteiger partial charge in [0.2, 0.25) is 0 Å². The molecule has 1 saturated heterocycles. The average molecular weight is 465 g/mol. The second-order valence-electron chi connectivity index (χ2n) is 7.75. The molecule has 2 aliphatic rings. The van der Waals surface area contributed by atoms with Crippen molar-refractivity contribution in [2.75, 3.05) is 0 Å². The third-order valence-corrected chi connectivity index (χ3v) is 6.30. The Morgan fingerprint density at radius 3 is 2.29 bits per heavy atom. The van der Waals surface area contributed by atoms with Crippen molar-refractivity contribution in [1.82, 2.24) is 4.90 Å². The van der Waals surface area contributed by atoms with Crippen LogP contribution in [0.4, 0.5) is 4.39 Å². The van der Waals surface area contributed by atoms with E-state index in [-0.39, 0.29) is 17.8 Å². The van der Waals surface area contributed by atoms with Gasteiger partial charge in [0.1, 0.15) is 11.9 Å². The van der Waals surface area contributed by atoms with E-state index < -0.39 is 27.2 Å². The van der Waals surface area contributed by atoms with Gasteiger partial charge in [-0.15, -0.1) is 0 Å². The van der Waals surface area contributed by atoms with Crippen LogP contribution in [0.1, 0.15) is 54.1 Å². The average Bonchev–Trinajstić information content (AvgIpc) is 3.12. The quantitative estimate of drug-likeness (QED) is 0.476. The zero-order chi connectivity index (χ0) is 22.0. The van der Waals surface area contributed by atoms with Crippen molar-refractivity contribution in [1.29, 1.82) is 0 Å². The predicted octanol–water partition coefficient (Wildman–Crippen LogP) is 4.62. The Morgan fingerprint density at radius 1 is 1.03 bits per heavy atom. The summed E-state index contributed by atoms with van der Waals surface area (Å²) in [5.41, 5.74) is 1.02. The van der Waals surface area contributed by atoms with Crippen LogP contribution in [-0.2, 0) is 14.0 Å². The number of hydrogen-bond acceptors (Lipinski definition) is 4. The SMILES string of the molecule is O=C(c1ccc(F)cc1)C1C(c2ccccc2)O/C(=N\S(=O)(=O)Cl)N1C1CCCCC1. The number of nitrogens with zero attached hydrogens (tertiary/aromatic N) is 2. The van der Waals surface area contributed by atoms with Crippen LogP contribution in [0, 0.1) is 5.82 Å². The lowest BCUT2D eigenvalue weighted by molar-refractivity contribution is 0.0785. The second-order valence-corrected chi connectivity index (χ2v) is 9.93. The minimum atomic E-state index is -4.27. The number of benzene rings is 2. The summed E-state index contributed by atoms with van der Waals surface area (Å²) >= 11 is 0. The van der Waals surface area contributed by atoms with Crippen molar-refractivity contribution in [3.8, 4) is 0 Å². The van der Waals surface area contributed by atoms with E-state index in [0.717, 1.165) is 32.1 Å². The molecule has 0 N–H and O–H groups in total. The zero-order valence-electron chi connectivity index (χ0n) is 16.7. The normalized spacial score (nSPS) is 23.7. The molecule has 2 aromatic carbocycles. The van der Waals surface area contributed by atoms with Crippen molar-refractivity contribution < 1.29 is 22.3 Å². The lowest BCUT2D eigenvalue weighted by Crippen LogP contribution is -2.48. The molecule has 0 spiro atoms. The van der Waals surface area contributed by atoms with Crippen molar-refractivity contribution >= 4 is 31.7 Å². The second kappa shape index (κ2) is 8.96. The van der Waals surface area contributed by atoms with Crippen LogP contribution >= 0.6 is 10.7 Å². The number of hydrogen-bond donors (Lipinski definition) is 0. The topological polar surface area (TPSA) is 76.0 Å². The number of halogens is 2. The molecule has 9 heteroatoms. The Bertz CT molecular complexity index is 1070. The smallest absolute Gasteiger partial charge is 0.344 e. The summed E-state index contributed by atoms with van der Waals surface area (Å²) in [5.74, 6) is -0.741. The predicted molar refractivity (Wildman–Crippen MR) is 116 cm³/mol. The molecule has 1 aliphatic carbocycles. The standard InChI is InChI=1S/C22H22ClFN2O4S/c23-31(28,29)25-22-26(18-9-5-2-6-10-18)19(20(27)15-11-13-17(24)14-12-15)21(30-22)16-7-3-1-4-8-16/h1,3-4,7-8,11-14,18-19,21H,2,5-6,9-10H2/b25-22-. The molecule has 1 heterocycles. The highest BCUT2D eigenvalue weighted by Crippen LogP contribution is 2.39. The minimum Gasteiger partial charge on any atom is -0.453 e. The maximum Gasteiger partial charge on any atom is 0.344 e. The van der Waals surface area contributed by atoms with Gasteiger partial charge in [-0.25, -0.2) is 4.39 Å². The minimum absolute atomic E-state index is 0.117. The fourth-order valence-corrected chi connectivity index (χ4v) is 4.85. The van der Waals surface area contributed by atoms with Gasteiger partial charge in [-0.3, -0.25) is 4.79 Å². The van der Waals surface area contributed by atoms with E-state index in [2.05, 4.69) is 4.40 Å². The molecule has 1 saturated carbocycles. The summed E-state index contributed by atoms with van der Waals surface area (Å²) in [7, 11) is 1.15. The van der Waals surface area contributed by atoms with E-state index in [1.807, 2.05) is 30.3 Å². The first kappa shape index (κ1) is 21.8. The molecule has 0 bridgehead atoms. The highest BCUT2D eigenvalue weighted by Gasteiger charge is 2.49. The maximum atomic E-state index is 13.6. The molecular formula is C22H22ClFN2O4S.